The predicted octanol–water partition coefficient (Wildman–Crippen LogP) is 16.3. The van der Waals surface area contributed by atoms with Crippen LogP contribution in [0.25, 0.3) is 0 Å². The molecule has 0 bridgehead atoms. The van der Waals surface area contributed by atoms with Gasteiger partial charge in [0.2, 0.25) is 5.91 Å². The highest BCUT2D eigenvalue weighted by Gasteiger charge is 2.18. The highest BCUT2D eigenvalue weighted by Crippen LogP contribution is 2.16. The van der Waals surface area contributed by atoms with E-state index in [4.69, 9.17) is 4.74 Å². The maximum Gasteiger partial charge on any atom is 0.305 e. The summed E-state index contributed by atoms with van der Waals surface area (Å²) in [5, 5.41) is 23.1. The number of unbranched alkanes of at least 4 members (excludes halogenated alkanes) is 37. The van der Waals surface area contributed by atoms with E-state index in [1.807, 2.05) is 6.08 Å². The van der Waals surface area contributed by atoms with Crippen LogP contribution >= 0.6 is 0 Å². The summed E-state index contributed by atoms with van der Waals surface area (Å²) < 4.78 is 5.44. The first-order valence-corrected chi connectivity index (χ1v) is 27.1. The van der Waals surface area contributed by atoms with Crippen LogP contribution in [0.2, 0.25) is 0 Å². The van der Waals surface area contributed by atoms with Gasteiger partial charge in [-0.1, -0.05) is 244 Å². The zero-order valence-electron chi connectivity index (χ0n) is 40.9. The zero-order valence-corrected chi connectivity index (χ0v) is 40.9. The first-order chi connectivity index (χ1) is 30.0. The molecule has 2 atom stereocenters. The van der Waals surface area contributed by atoms with Crippen molar-refractivity contribution >= 4 is 11.9 Å². The summed E-state index contributed by atoms with van der Waals surface area (Å²) in [5.74, 6) is -0.137. The molecule has 3 N–H and O–H groups in total. The van der Waals surface area contributed by atoms with Crippen molar-refractivity contribution in [1.29, 1.82) is 0 Å². The average Bonchev–Trinajstić information content (AvgIpc) is 3.26. The smallest absolute Gasteiger partial charge is 0.305 e. The Morgan fingerprint density at radius 1 is 0.443 bits per heavy atom. The monoisotopic (exact) mass is 860 g/mol. The molecule has 1 amide bonds. The van der Waals surface area contributed by atoms with E-state index in [1.54, 1.807) is 6.08 Å². The van der Waals surface area contributed by atoms with Crippen LogP contribution in [0.3, 0.4) is 0 Å². The molecule has 0 saturated carbocycles. The van der Waals surface area contributed by atoms with E-state index in [1.165, 1.54) is 186 Å². The normalized spacial score (nSPS) is 12.8. The summed E-state index contributed by atoms with van der Waals surface area (Å²) in [6.07, 6.45) is 60.5. The molecule has 2 unspecified atom stereocenters. The molecule has 0 aliphatic heterocycles. The molecule has 6 nitrogen and oxygen atoms in total. The highest BCUT2D eigenvalue weighted by atomic mass is 16.5. The number of esters is 1. The van der Waals surface area contributed by atoms with Crippen LogP contribution in [-0.4, -0.2) is 47.4 Å². The van der Waals surface area contributed by atoms with Crippen LogP contribution in [0.1, 0.15) is 290 Å². The molecule has 0 radical (unpaired) electrons. The first kappa shape index (κ1) is 59.3. The van der Waals surface area contributed by atoms with Gasteiger partial charge in [-0.15, -0.1) is 0 Å². The van der Waals surface area contributed by atoms with Crippen molar-refractivity contribution in [3.05, 3.63) is 24.3 Å². The molecule has 0 aromatic carbocycles. The number of rotatable bonds is 50. The summed E-state index contributed by atoms with van der Waals surface area (Å²) in [6.45, 7) is 4.83. The highest BCUT2D eigenvalue weighted by molar-refractivity contribution is 5.76. The summed E-state index contributed by atoms with van der Waals surface area (Å²) in [6, 6.07) is -0.653. The molecule has 0 fully saturated rings. The Morgan fingerprint density at radius 2 is 0.770 bits per heavy atom. The second kappa shape index (κ2) is 51.0. The third kappa shape index (κ3) is 47.7. The van der Waals surface area contributed by atoms with Crippen LogP contribution < -0.4 is 5.32 Å². The van der Waals surface area contributed by atoms with Gasteiger partial charge >= 0.3 is 5.97 Å². The van der Waals surface area contributed by atoms with Crippen molar-refractivity contribution in [2.45, 2.75) is 302 Å². The van der Waals surface area contributed by atoms with E-state index in [0.717, 1.165) is 77.0 Å². The number of carbonyl (C=O) groups is 2. The molecule has 0 aliphatic rings. The molecule has 0 saturated heterocycles. The SMILES string of the molecule is CCCCCCCCCCCCCCCCCCC/C=C/C(O)C(CO)NC(=O)CCCCCC/C=C\CCCCOC(=O)CCCCCCCCCCCCCCCCC. The first-order valence-electron chi connectivity index (χ1n) is 27.1. The standard InChI is InChI=1S/C55H105NO5/c1-3-5-7-9-11-13-15-17-19-20-21-22-24-25-27-31-35-39-43-47-53(58)52(51-57)56-54(59)48-44-40-36-32-29-30-34-38-42-46-50-61-55(60)49-45-41-37-33-28-26-23-18-16-14-12-10-8-6-4-2/h30,34,43,47,52-53,57-58H,3-29,31-33,35-42,44-46,48-51H2,1-2H3,(H,56,59)/b34-30-,47-43+. The minimum absolute atomic E-state index is 0.0353. The second-order valence-electron chi connectivity index (χ2n) is 18.6. The number of allylic oxidation sites excluding steroid dienone is 3. The lowest BCUT2D eigenvalue weighted by Gasteiger charge is -2.20. The van der Waals surface area contributed by atoms with Gasteiger partial charge in [0.05, 0.1) is 25.4 Å². The fraction of sp³-hybridized carbons (Fsp3) is 0.891. The van der Waals surface area contributed by atoms with E-state index in [9.17, 15) is 19.8 Å². The number of hydrogen-bond acceptors (Lipinski definition) is 5. The Labute approximate surface area is 380 Å². The Kier molecular flexibility index (Phi) is 49.6. The zero-order chi connectivity index (χ0) is 44.4. The van der Waals surface area contributed by atoms with Crippen LogP contribution in [-0.2, 0) is 14.3 Å². The van der Waals surface area contributed by atoms with E-state index < -0.39 is 12.1 Å². The minimum atomic E-state index is -0.866. The summed E-state index contributed by atoms with van der Waals surface area (Å²) in [4.78, 5) is 24.5. The molecule has 0 aliphatic carbocycles. The summed E-state index contributed by atoms with van der Waals surface area (Å²) >= 11 is 0. The lowest BCUT2D eigenvalue weighted by atomic mass is 10.0. The van der Waals surface area contributed by atoms with Crippen LogP contribution in [0.15, 0.2) is 24.3 Å². The van der Waals surface area contributed by atoms with Crippen molar-refractivity contribution in [2.75, 3.05) is 13.2 Å². The van der Waals surface area contributed by atoms with Crippen LogP contribution in [0.4, 0.5) is 0 Å². The quantitative estimate of drug-likeness (QED) is 0.0322. The maximum absolute atomic E-state index is 12.4. The fourth-order valence-corrected chi connectivity index (χ4v) is 8.27. The molecular weight excluding hydrogens is 755 g/mol. The average molecular weight is 860 g/mol. The molecule has 0 spiro atoms. The number of hydrogen-bond donors (Lipinski definition) is 3. The Bertz CT molecular complexity index is 951. The van der Waals surface area contributed by atoms with Gasteiger partial charge in [0.25, 0.3) is 0 Å². The van der Waals surface area contributed by atoms with Crippen molar-refractivity contribution in [3.8, 4) is 0 Å². The number of aliphatic hydroxyl groups excluding tert-OH is 2. The van der Waals surface area contributed by atoms with Crippen molar-refractivity contribution < 1.29 is 24.5 Å². The lowest BCUT2D eigenvalue weighted by Crippen LogP contribution is -2.45. The summed E-state index contributed by atoms with van der Waals surface area (Å²) in [7, 11) is 0. The number of amides is 1. The topological polar surface area (TPSA) is 95.9 Å². The van der Waals surface area contributed by atoms with Crippen molar-refractivity contribution in [2.24, 2.45) is 0 Å². The van der Waals surface area contributed by atoms with Gasteiger partial charge in [0, 0.05) is 12.8 Å². The van der Waals surface area contributed by atoms with Gasteiger partial charge in [-0.2, -0.15) is 0 Å². The lowest BCUT2D eigenvalue weighted by molar-refractivity contribution is -0.143. The summed E-state index contributed by atoms with van der Waals surface area (Å²) in [5.41, 5.74) is 0. The van der Waals surface area contributed by atoms with E-state index in [2.05, 4.69) is 31.3 Å². The molecule has 0 heterocycles. The van der Waals surface area contributed by atoms with Gasteiger partial charge in [-0.25, -0.2) is 0 Å². The molecule has 0 rings (SSSR count). The molecule has 0 aromatic rings. The van der Waals surface area contributed by atoms with Crippen molar-refractivity contribution in [1.82, 2.24) is 5.32 Å². The van der Waals surface area contributed by atoms with E-state index in [0.29, 0.717) is 19.4 Å². The number of ether oxygens (including phenoxy) is 1. The second-order valence-corrected chi connectivity index (χ2v) is 18.6. The maximum atomic E-state index is 12.4. The number of carbonyl (C=O) groups excluding carboxylic acids is 2. The van der Waals surface area contributed by atoms with Crippen LogP contribution in [0, 0.1) is 0 Å². The molecule has 61 heavy (non-hydrogen) atoms. The van der Waals surface area contributed by atoms with E-state index >= 15 is 0 Å². The number of aliphatic hydroxyl groups is 2. The van der Waals surface area contributed by atoms with E-state index in [-0.39, 0.29) is 18.5 Å². The molecule has 6 heteroatoms. The van der Waals surface area contributed by atoms with Gasteiger partial charge in [0.1, 0.15) is 0 Å². The third-order valence-electron chi connectivity index (χ3n) is 12.5. The van der Waals surface area contributed by atoms with Gasteiger partial charge in [0.15, 0.2) is 0 Å². The fourth-order valence-electron chi connectivity index (χ4n) is 8.27. The minimum Gasteiger partial charge on any atom is -0.466 e. The van der Waals surface area contributed by atoms with Gasteiger partial charge in [-0.3, -0.25) is 9.59 Å². The van der Waals surface area contributed by atoms with Gasteiger partial charge in [-0.05, 0) is 57.8 Å². The van der Waals surface area contributed by atoms with Crippen LogP contribution in [0.5, 0.6) is 0 Å². The molecule has 0 aromatic heterocycles. The largest absolute Gasteiger partial charge is 0.466 e. The third-order valence-corrected chi connectivity index (χ3v) is 12.5. The van der Waals surface area contributed by atoms with Crippen molar-refractivity contribution in [3.63, 3.8) is 0 Å². The van der Waals surface area contributed by atoms with Gasteiger partial charge < -0.3 is 20.3 Å². The Balaban J connectivity index is 3.55. The molecular formula is C55H105NO5. The number of nitrogens with one attached hydrogen (secondary N) is 1. The predicted molar refractivity (Wildman–Crippen MR) is 264 cm³/mol. The Morgan fingerprint density at radius 3 is 1.16 bits per heavy atom. The molecule has 360 valence electrons. The Hall–Kier alpha value is -1.66.